The molecule has 1 aliphatic heterocycles. The first-order valence-electron chi connectivity index (χ1n) is 8.04. The van der Waals surface area contributed by atoms with Crippen molar-refractivity contribution in [3.8, 4) is 0 Å². The summed E-state index contributed by atoms with van der Waals surface area (Å²) in [5, 5.41) is 3.18. The van der Waals surface area contributed by atoms with Crippen molar-refractivity contribution >= 4 is 17.7 Å². The average Bonchev–Trinajstić information content (AvgIpc) is 2.55. The zero-order valence-corrected chi connectivity index (χ0v) is 13.7. The number of thioether (sulfide) groups is 1. The van der Waals surface area contributed by atoms with Gasteiger partial charge in [-0.05, 0) is 37.1 Å². The second kappa shape index (κ2) is 7.49. The first kappa shape index (κ1) is 15.8. The smallest absolute Gasteiger partial charge is 0.252 e. The van der Waals surface area contributed by atoms with Crippen LogP contribution in [-0.4, -0.2) is 43.1 Å². The van der Waals surface area contributed by atoms with E-state index in [0.717, 1.165) is 35.5 Å². The molecule has 2 aliphatic rings. The van der Waals surface area contributed by atoms with E-state index in [-0.39, 0.29) is 24.2 Å². The van der Waals surface area contributed by atoms with E-state index in [1.165, 1.54) is 0 Å². The third-order valence-corrected chi connectivity index (χ3v) is 5.20. The summed E-state index contributed by atoms with van der Waals surface area (Å²) >= 11 is 1.70. The van der Waals surface area contributed by atoms with Gasteiger partial charge in [-0.2, -0.15) is 0 Å². The Hall–Kier alpha value is -1.04. The topological polar surface area (TPSA) is 47.6 Å². The fourth-order valence-corrected chi connectivity index (χ4v) is 4.00. The molecule has 5 heteroatoms. The van der Waals surface area contributed by atoms with E-state index in [1.807, 2.05) is 24.3 Å². The highest BCUT2D eigenvalue weighted by Crippen LogP contribution is 2.28. The van der Waals surface area contributed by atoms with Crippen LogP contribution in [0, 0.1) is 0 Å². The molecule has 4 nitrogen and oxygen atoms in total. The monoisotopic (exact) mass is 321 g/mol. The van der Waals surface area contributed by atoms with Crippen LogP contribution < -0.4 is 5.32 Å². The number of hydrogen-bond acceptors (Lipinski definition) is 4. The highest BCUT2D eigenvalue weighted by Gasteiger charge is 2.34. The molecule has 3 rings (SSSR count). The third-order valence-electron chi connectivity index (χ3n) is 4.25. The molecular weight excluding hydrogens is 298 g/mol. The lowest BCUT2D eigenvalue weighted by Gasteiger charge is -2.39. The van der Waals surface area contributed by atoms with Crippen LogP contribution in [0.5, 0.6) is 0 Å². The molecular formula is C17H23NO3S. The van der Waals surface area contributed by atoms with Gasteiger partial charge >= 0.3 is 0 Å². The van der Waals surface area contributed by atoms with Crippen molar-refractivity contribution in [2.45, 2.75) is 49.3 Å². The third kappa shape index (κ3) is 3.65. The molecule has 1 saturated carbocycles. The largest absolute Gasteiger partial charge is 0.373 e. The molecule has 0 spiro atoms. The van der Waals surface area contributed by atoms with Crippen LogP contribution in [0.1, 0.15) is 36.5 Å². The van der Waals surface area contributed by atoms with Gasteiger partial charge in [-0.1, -0.05) is 19.1 Å². The molecule has 22 heavy (non-hydrogen) atoms. The quantitative estimate of drug-likeness (QED) is 0.866. The zero-order chi connectivity index (χ0) is 15.4. The van der Waals surface area contributed by atoms with Gasteiger partial charge in [-0.25, -0.2) is 0 Å². The lowest BCUT2D eigenvalue weighted by atomic mass is 9.89. The van der Waals surface area contributed by atoms with Gasteiger partial charge in [0.2, 0.25) is 0 Å². The van der Waals surface area contributed by atoms with Crippen molar-refractivity contribution < 1.29 is 14.3 Å². The van der Waals surface area contributed by atoms with E-state index in [9.17, 15) is 4.79 Å². The predicted octanol–water partition coefficient (Wildman–Crippen LogP) is 2.86. The number of carbonyl (C=O) groups excluding carboxylic acids is 1. The Balaban J connectivity index is 1.62. The maximum atomic E-state index is 12.6. The van der Waals surface area contributed by atoms with Crippen LogP contribution in [0.2, 0.25) is 0 Å². The number of fused-ring (bicyclic) bond motifs is 1. The van der Waals surface area contributed by atoms with Gasteiger partial charge in [0.25, 0.3) is 5.91 Å². The van der Waals surface area contributed by atoms with Gasteiger partial charge in [0, 0.05) is 10.9 Å². The van der Waals surface area contributed by atoms with Gasteiger partial charge < -0.3 is 14.8 Å². The Morgan fingerprint density at radius 3 is 2.82 bits per heavy atom. The van der Waals surface area contributed by atoms with Crippen LogP contribution in [0.15, 0.2) is 29.2 Å². The average molecular weight is 321 g/mol. The van der Waals surface area contributed by atoms with Gasteiger partial charge in [0.1, 0.15) is 0 Å². The van der Waals surface area contributed by atoms with Crippen LogP contribution in [0.3, 0.4) is 0 Å². The van der Waals surface area contributed by atoms with Crippen LogP contribution >= 0.6 is 11.8 Å². The molecule has 1 aromatic rings. The summed E-state index contributed by atoms with van der Waals surface area (Å²) in [5.74, 6) is 0.986. The van der Waals surface area contributed by atoms with E-state index >= 15 is 0 Å². The summed E-state index contributed by atoms with van der Waals surface area (Å²) in [6.07, 6.45) is 3.11. The van der Waals surface area contributed by atoms with Gasteiger partial charge in [0.05, 0.1) is 31.0 Å². The minimum absolute atomic E-state index is 0.0247. The lowest BCUT2D eigenvalue weighted by Crippen LogP contribution is -2.49. The maximum Gasteiger partial charge on any atom is 0.252 e. The first-order chi connectivity index (χ1) is 10.8. The normalized spacial score (nSPS) is 28.0. The van der Waals surface area contributed by atoms with Crippen molar-refractivity contribution in [3.05, 3.63) is 29.8 Å². The van der Waals surface area contributed by atoms with Crippen LogP contribution in [0.25, 0.3) is 0 Å². The molecule has 2 fully saturated rings. The Labute approximate surface area is 135 Å². The zero-order valence-electron chi connectivity index (χ0n) is 12.9. The number of hydrogen-bond donors (Lipinski definition) is 1. The molecule has 0 unspecified atom stereocenters. The first-order valence-corrected chi connectivity index (χ1v) is 9.02. The highest BCUT2D eigenvalue weighted by atomic mass is 32.2. The van der Waals surface area contributed by atoms with Gasteiger partial charge in [-0.15, -0.1) is 11.8 Å². The molecule has 1 heterocycles. The summed E-state index contributed by atoms with van der Waals surface area (Å²) in [6, 6.07) is 7.99. The van der Waals surface area contributed by atoms with E-state index in [1.54, 1.807) is 11.8 Å². The van der Waals surface area contributed by atoms with Crippen molar-refractivity contribution in [2.24, 2.45) is 0 Å². The Morgan fingerprint density at radius 2 is 2.00 bits per heavy atom. The predicted molar refractivity (Wildman–Crippen MR) is 87.4 cm³/mol. The molecule has 0 aromatic heterocycles. The van der Waals surface area contributed by atoms with Crippen molar-refractivity contribution in [2.75, 3.05) is 19.0 Å². The summed E-state index contributed by atoms with van der Waals surface area (Å²) in [7, 11) is 0. The SMILES string of the molecule is CCSc1ccccc1C(=O)N[C@@H]1CC[C@H]2OCCO[C@@H]2C1. The fourth-order valence-electron chi connectivity index (χ4n) is 3.20. The van der Waals surface area contributed by atoms with Gasteiger partial charge in [-0.3, -0.25) is 4.79 Å². The fraction of sp³-hybridized carbons (Fsp3) is 0.588. The minimum atomic E-state index is 0.0247. The summed E-state index contributed by atoms with van der Waals surface area (Å²) in [5.41, 5.74) is 0.775. The molecule has 1 amide bonds. The molecule has 1 N–H and O–H groups in total. The number of rotatable bonds is 4. The number of ether oxygens (including phenoxy) is 2. The van der Waals surface area contributed by atoms with E-state index < -0.39 is 0 Å². The Kier molecular flexibility index (Phi) is 5.39. The summed E-state index contributed by atoms with van der Waals surface area (Å²) in [6.45, 7) is 3.46. The second-order valence-electron chi connectivity index (χ2n) is 5.73. The van der Waals surface area contributed by atoms with E-state index in [4.69, 9.17) is 9.47 Å². The molecule has 1 aromatic carbocycles. The number of benzene rings is 1. The highest BCUT2D eigenvalue weighted by molar-refractivity contribution is 7.99. The molecule has 1 saturated heterocycles. The van der Waals surface area contributed by atoms with Crippen molar-refractivity contribution in [1.82, 2.24) is 5.32 Å². The van der Waals surface area contributed by atoms with Gasteiger partial charge in [0.15, 0.2) is 0 Å². The maximum absolute atomic E-state index is 12.6. The number of amides is 1. The summed E-state index contributed by atoms with van der Waals surface area (Å²) < 4.78 is 11.5. The number of nitrogens with one attached hydrogen (secondary N) is 1. The van der Waals surface area contributed by atoms with Crippen LogP contribution in [0.4, 0.5) is 0 Å². The van der Waals surface area contributed by atoms with E-state index in [0.29, 0.717) is 13.2 Å². The Morgan fingerprint density at radius 1 is 1.23 bits per heavy atom. The van der Waals surface area contributed by atoms with Crippen molar-refractivity contribution in [3.63, 3.8) is 0 Å². The molecule has 3 atom stereocenters. The van der Waals surface area contributed by atoms with Crippen molar-refractivity contribution in [1.29, 1.82) is 0 Å². The molecule has 0 radical (unpaired) electrons. The summed E-state index contributed by atoms with van der Waals surface area (Å²) in [4.78, 5) is 13.6. The lowest BCUT2D eigenvalue weighted by molar-refractivity contribution is -0.157. The molecule has 1 aliphatic carbocycles. The second-order valence-corrected chi connectivity index (χ2v) is 7.04. The molecule has 120 valence electrons. The molecule has 0 bridgehead atoms. The number of carbonyl (C=O) groups is 1. The van der Waals surface area contributed by atoms with Crippen LogP contribution in [-0.2, 0) is 9.47 Å². The standard InChI is InChI=1S/C17H23NO3S/c1-2-22-16-6-4-3-5-13(16)17(19)18-12-7-8-14-15(11-12)21-10-9-20-14/h3-6,12,14-15H,2,7-11H2,1H3,(H,18,19)/t12-,14-,15-/m1/s1. The Bertz CT molecular complexity index is 522. The minimum Gasteiger partial charge on any atom is -0.373 e. The van der Waals surface area contributed by atoms with E-state index in [2.05, 4.69) is 12.2 Å².